The zero-order valence-corrected chi connectivity index (χ0v) is 41.8. The normalized spacial score (nSPS) is 17.0. The van der Waals surface area contributed by atoms with Crippen LogP contribution in [0.3, 0.4) is 0 Å². The number of aromatic nitrogens is 1. The molecule has 4 aromatic rings. The maximum absolute atomic E-state index is 14.4. The molecule has 2 saturated heterocycles. The van der Waals surface area contributed by atoms with Crippen molar-refractivity contribution in [2.24, 2.45) is 0 Å². The van der Waals surface area contributed by atoms with Crippen molar-refractivity contribution in [3.63, 3.8) is 0 Å². The van der Waals surface area contributed by atoms with Crippen LogP contribution in [0.5, 0.6) is 5.75 Å². The van der Waals surface area contributed by atoms with Crippen LogP contribution in [0.1, 0.15) is 16.7 Å². The Morgan fingerprint density at radius 1 is 0.946 bits per heavy atom. The Hall–Kier alpha value is -0.640. The van der Waals surface area contributed by atoms with Crippen molar-refractivity contribution < 1.29 is 166 Å². The molecule has 24 heteroatoms. The molecule has 2 fully saturated rings. The number of carbonyl (C=O) groups is 3. The molecule has 17 nitrogen and oxygen atoms in total. The zero-order valence-electron chi connectivity index (χ0n) is 31.2. The molecule has 2 aliphatic heterocycles. The summed E-state index contributed by atoms with van der Waals surface area (Å²) in [7, 11) is -10.5. The van der Waals surface area contributed by atoms with Gasteiger partial charge < -0.3 is 53.4 Å². The number of hydrogen-bond donors (Lipinski definition) is 2. The molecular formula is C32H31N7Na4O10P2S. The Kier molecular flexibility index (Phi) is 20.5. The number of thiazole rings is 1. The summed E-state index contributed by atoms with van der Waals surface area (Å²) in [5, 5.41) is 7.58. The third-order valence-electron chi connectivity index (χ3n) is 8.33. The number of amides is 4. The predicted molar refractivity (Wildman–Crippen MR) is 181 cm³/mol. The second-order valence-corrected chi connectivity index (χ2v) is 15.2. The molecule has 0 spiro atoms. The number of benzene rings is 3. The van der Waals surface area contributed by atoms with Gasteiger partial charge in [0.25, 0.3) is 0 Å². The molecule has 0 aliphatic carbocycles. The van der Waals surface area contributed by atoms with Gasteiger partial charge in [0.05, 0.1) is 23.3 Å². The first-order valence-electron chi connectivity index (χ1n) is 15.7. The van der Waals surface area contributed by atoms with Gasteiger partial charge in [-0.2, -0.15) is 0 Å². The molecule has 274 valence electrons. The fraction of sp³-hybridized carbons (Fsp3) is 0.250. The number of phosphoric acid groups is 1. The summed E-state index contributed by atoms with van der Waals surface area (Å²) in [5.41, 5.74) is 2.20. The van der Waals surface area contributed by atoms with Gasteiger partial charge in [-0.05, 0) is 34.9 Å². The van der Waals surface area contributed by atoms with Crippen LogP contribution < -0.4 is 153 Å². The number of phosphoric ester groups is 1. The molecule has 0 saturated carbocycles. The summed E-state index contributed by atoms with van der Waals surface area (Å²) in [5.74, 6) is -1.12. The number of fused-ring (bicyclic) bond motifs is 2. The van der Waals surface area contributed by atoms with E-state index in [0.29, 0.717) is 21.3 Å². The average Bonchev–Trinajstić information content (AvgIpc) is 3.48. The van der Waals surface area contributed by atoms with Gasteiger partial charge >= 0.3 is 124 Å². The Morgan fingerprint density at radius 3 is 2.25 bits per heavy atom. The maximum atomic E-state index is 14.4. The molecule has 2 aliphatic rings. The quantitative estimate of drug-likeness (QED) is 0.0766. The van der Waals surface area contributed by atoms with Crippen LogP contribution in [0.4, 0.5) is 9.93 Å². The van der Waals surface area contributed by atoms with Crippen molar-refractivity contribution in [1.82, 2.24) is 30.1 Å². The third kappa shape index (κ3) is 13.2. The number of para-hydroxylation sites is 1. The molecule has 2 atom stereocenters. The van der Waals surface area contributed by atoms with Gasteiger partial charge in [-0.15, -0.1) is 6.58 Å². The standard InChI is InChI=1S/C32H35N7O10P2S.4Na/c1-2-15-37-20-28(40)38-25(16-21-11-13-24(14-12-21)49-51(46,47)48)30(41)36(19-27(38)39(37)32(42)33-17-22-7-4-3-5-8-22)18-23-9-6-10-26-29(23)34-31(52-26)35-50(43,44)45;;;;/h2-14,25,27H,1,15-20H2,(H,33,42)(H2,46,47,48)(H3,34,35,43,44,45);;;;/q;4*+1/p-4/t25-,27+;;;;/m1..../s1. The Bertz CT molecular complexity index is 2100. The van der Waals surface area contributed by atoms with E-state index in [1.165, 1.54) is 39.1 Å². The fourth-order valence-corrected chi connectivity index (χ4v) is 8.19. The molecular weight excluding hydrogens is 828 g/mol. The van der Waals surface area contributed by atoms with E-state index >= 15 is 0 Å². The van der Waals surface area contributed by atoms with Crippen LogP contribution in [0.25, 0.3) is 10.2 Å². The van der Waals surface area contributed by atoms with Crippen LogP contribution in [0.15, 0.2) is 85.5 Å². The topological polar surface area (TPSA) is 237 Å². The predicted octanol–water partition coefficient (Wildman–Crippen LogP) is -11.5. The number of urea groups is 1. The zero-order chi connectivity index (χ0) is 37.2. The van der Waals surface area contributed by atoms with Crippen LogP contribution in [-0.4, -0.2) is 74.5 Å². The minimum atomic E-state index is -5.32. The Morgan fingerprint density at radius 2 is 1.62 bits per heavy atom. The molecule has 6 rings (SSSR count). The van der Waals surface area contributed by atoms with Crippen molar-refractivity contribution in [3.05, 3.63) is 102 Å². The Labute approximate surface area is 415 Å². The number of piperazine rings is 1. The first kappa shape index (κ1) is 51.5. The van der Waals surface area contributed by atoms with E-state index in [1.54, 1.807) is 29.3 Å². The van der Waals surface area contributed by atoms with Crippen LogP contribution in [0.2, 0.25) is 0 Å². The van der Waals surface area contributed by atoms with Gasteiger partial charge in [0.1, 0.15) is 25.8 Å². The Balaban J connectivity index is 0.00000271. The average molecular weight is 860 g/mol. The number of nitrogens with one attached hydrogen (secondary N) is 2. The van der Waals surface area contributed by atoms with Gasteiger partial charge in [0.15, 0.2) is 5.13 Å². The number of hydrazine groups is 1. The smallest absolute Gasteiger partial charge is 0.795 e. The minimum absolute atomic E-state index is 0. The molecule has 3 heterocycles. The van der Waals surface area contributed by atoms with E-state index in [1.807, 2.05) is 35.4 Å². The monoisotopic (exact) mass is 859 g/mol. The molecule has 0 radical (unpaired) electrons. The van der Waals surface area contributed by atoms with Crippen LogP contribution >= 0.6 is 26.9 Å². The van der Waals surface area contributed by atoms with Gasteiger partial charge in [-0.3, -0.25) is 9.59 Å². The third-order valence-corrected chi connectivity index (χ3v) is 10.3. The molecule has 4 amide bonds. The summed E-state index contributed by atoms with van der Waals surface area (Å²) in [6.45, 7) is 3.68. The molecule has 1 aromatic heterocycles. The minimum Gasteiger partial charge on any atom is -0.795 e. The summed E-state index contributed by atoms with van der Waals surface area (Å²) in [6, 6.07) is 18.0. The number of anilines is 1. The maximum Gasteiger partial charge on any atom is 1.00 e. The van der Waals surface area contributed by atoms with Crippen LogP contribution in [0, 0.1) is 0 Å². The van der Waals surface area contributed by atoms with Gasteiger partial charge in [-0.1, -0.05) is 72.0 Å². The van der Waals surface area contributed by atoms with Crippen molar-refractivity contribution >= 4 is 60.1 Å². The van der Waals surface area contributed by atoms with Crippen molar-refractivity contribution in [2.45, 2.75) is 31.7 Å². The molecule has 56 heavy (non-hydrogen) atoms. The van der Waals surface area contributed by atoms with Crippen molar-refractivity contribution in [3.8, 4) is 5.75 Å². The molecule has 3 aromatic carbocycles. The fourth-order valence-electron chi connectivity index (χ4n) is 6.24. The van der Waals surface area contributed by atoms with Crippen molar-refractivity contribution in [1.29, 1.82) is 0 Å². The largest absolute Gasteiger partial charge is 1.00 e. The molecule has 2 N–H and O–H groups in total. The summed E-state index contributed by atoms with van der Waals surface area (Å²) in [4.78, 5) is 94.4. The van der Waals surface area contributed by atoms with E-state index in [4.69, 9.17) is 0 Å². The van der Waals surface area contributed by atoms with E-state index in [9.17, 15) is 43.1 Å². The summed E-state index contributed by atoms with van der Waals surface area (Å²) >= 11 is 0.945. The van der Waals surface area contributed by atoms with E-state index < -0.39 is 45.6 Å². The van der Waals surface area contributed by atoms with E-state index in [0.717, 1.165) is 16.9 Å². The van der Waals surface area contributed by atoms with Gasteiger partial charge in [0, 0.05) is 33.8 Å². The number of carbonyl (C=O) groups excluding carboxylic acids is 3. The van der Waals surface area contributed by atoms with E-state index in [2.05, 4.69) is 21.4 Å². The molecule has 0 unspecified atom stereocenters. The van der Waals surface area contributed by atoms with Crippen molar-refractivity contribution in [2.75, 3.05) is 24.7 Å². The first-order valence-corrected chi connectivity index (χ1v) is 19.6. The summed E-state index contributed by atoms with van der Waals surface area (Å²) in [6.07, 6.45) is 0.503. The SMILES string of the molecule is C=CCN1CC(=O)N2[C@H](Cc3ccc(OP(=O)([O-])[O-])cc3)C(=O)N(Cc3cccc4sc(NP(=O)([O-])[O-])nc34)C[C@@H]2N1C(=O)NCc1ccccc1.[Na+].[Na+].[Na+].[Na+]. The van der Waals surface area contributed by atoms with E-state index in [-0.39, 0.29) is 168 Å². The summed E-state index contributed by atoms with van der Waals surface area (Å²) < 4.78 is 27.5. The second-order valence-electron chi connectivity index (χ2n) is 11.9. The first-order chi connectivity index (χ1) is 24.7. The number of nitrogens with zero attached hydrogens (tertiary/aromatic N) is 5. The number of rotatable bonds is 12. The second kappa shape index (κ2) is 22.3. The van der Waals surface area contributed by atoms with Crippen LogP contribution in [-0.2, 0) is 38.2 Å². The van der Waals surface area contributed by atoms with Gasteiger partial charge in [0.2, 0.25) is 11.8 Å². The van der Waals surface area contributed by atoms with Gasteiger partial charge in [-0.25, -0.2) is 19.8 Å². The number of hydrogen-bond acceptors (Lipinski definition) is 13. The molecule has 0 bridgehead atoms.